The van der Waals surface area contributed by atoms with Gasteiger partial charge < -0.3 is 26.1 Å². The number of nitrogens with one attached hydrogen (secondary N) is 1. The molecule has 0 bridgehead atoms. The van der Waals surface area contributed by atoms with E-state index < -0.39 is 11.4 Å². The van der Waals surface area contributed by atoms with E-state index in [0.717, 1.165) is 78.3 Å². The Hall–Kier alpha value is -3.58. The Labute approximate surface area is 236 Å². The number of nitrogens with zero attached hydrogens (tertiary/aromatic N) is 5. The van der Waals surface area contributed by atoms with Crippen molar-refractivity contribution in [2.45, 2.75) is 25.9 Å². The molecule has 6 rings (SSSR count). The van der Waals surface area contributed by atoms with Crippen LogP contribution in [0.4, 0.5) is 5.82 Å². The smallest absolute Gasteiger partial charge is 0.248 e. The highest BCUT2D eigenvalue weighted by molar-refractivity contribution is 7.19. The predicted octanol–water partition coefficient (Wildman–Crippen LogP) is 2.16. The number of primary amides is 2. The maximum Gasteiger partial charge on any atom is 0.248 e. The lowest BCUT2D eigenvalue weighted by Crippen LogP contribution is -2.59. The molecule has 2 amide bonds. The summed E-state index contributed by atoms with van der Waals surface area (Å²) in [6.07, 6.45) is 1.84. The van der Waals surface area contributed by atoms with Crippen LogP contribution in [-0.2, 0) is 16.1 Å². The van der Waals surface area contributed by atoms with Crippen LogP contribution in [0.15, 0.2) is 30.5 Å². The maximum atomic E-state index is 12.1. The number of hydrogen-bond donors (Lipinski definition) is 3. The molecule has 0 spiro atoms. The minimum atomic E-state index is -0.653. The van der Waals surface area contributed by atoms with Gasteiger partial charge in [-0.15, -0.1) is 11.3 Å². The SMILES string of the molecule is CC(C)(C(N)=O)N1CCN(Cc2cc3nc(-c4cc(C(N)=O)cc5[nH]ccc45)nc(N4CCOCC4)c3s2)CC1. The first kappa shape index (κ1) is 26.6. The van der Waals surface area contributed by atoms with Gasteiger partial charge in [-0.3, -0.25) is 19.4 Å². The number of H-pyrrole nitrogens is 1. The summed E-state index contributed by atoms with van der Waals surface area (Å²) in [6, 6.07) is 7.66. The zero-order chi connectivity index (χ0) is 28.0. The van der Waals surface area contributed by atoms with Crippen molar-refractivity contribution < 1.29 is 14.3 Å². The second-order valence-electron chi connectivity index (χ2n) is 10.9. The van der Waals surface area contributed by atoms with Gasteiger partial charge in [-0.2, -0.15) is 0 Å². The lowest BCUT2D eigenvalue weighted by Gasteiger charge is -2.42. The zero-order valence-corrected chi connectivity index (χ0v) is 23.6. The van der Waals surface area contributed by atoms with Gasteiger partial charge in [-0.25, -0.2) is 9.97 Å². The highest BCUT2D eigenvalue weighted by Crippen LogP contribution is 2.37. The van der Waals surface area contributed by atoms with Crippen molar-refractivity contribution >= 4 is 50.1 Å². The Morgan fingerprint density at radius 1 is 1.05 bits per heavy atom. The van der Waals surface area contributed by atoms with Gasteiger partial charge in [0, 0.05) is 78.9 Å². The molecule has 0 atom stereocenters. The number of anilines is 1. The van der Waals surface area contributed by atoms with E-state index in [0.29, 0.717) is 24.6 Å². The van der Waals surface area contributed by atoms with Crippen LogP contribution in [-0.4, -0.2) is 94.6 Å². The number of piperazine rings is 1. The number of aromatic nitrogens is 3. The van der Waals surface area contributed by atoms with E-state index in [1.807, 2.05) is 26.1 Å². The number of nitrogens with two attached hydrogens (primary N) is 2. The Bertz CT molecular complexity index is 1580. The molecule has 4 aromatic rings. The van der Waals surface area contributed by atoms with Crippen LogP contribution in [0.25, 0.3) is 32.5 Å². The van der Waals surface area contributed by atoms with Crippen LogP contribution >= 0.6 is 11.3 Å². The number of benzene rings is 1. The Morgan fingerprint density at radius 3 is 2.50 bits per heavy atom. The van der Waals surface area contributed by atoms with Gasteiger partial charge in [0.05, 0.1) is 29.0 Å². The fourth-order valence-corrected chi connectivity index (χ4v) is 6.64. The van der Waals surface area contributed by atoms with Crippen LogP contribution < -0.4 is 16.4 Å². The Balaban J connectivity index is 1.35. The fourth-order valence-electron chi connectivity index (χ4n) is 5.49. The van der Waals surface area contributed by atoms with E-state index in [4.69, 9.17) is 26.2 Å². The highest BCUT2D eigenvalue weighted by Gasteiger charge is 2.34. The van der Waals surface area contributed by atoms with Crippen LogP contribution in [0, 0.1) is 0 Å². The van der Waals surface area contributed by atoms with Crippen LogP contribution in [0.1, 0.15) is 29.1 Å². The van der Waals surface area contributed by atoms with Crippen molar-refractivity contribution in [1.29, 1.82) is 0 Å². The average Bonchev–Trinajstić information content (AvgIpc) is 3.59. The summed E-state index contributed by atoms with van der Waals surface area (Å²) in [6.45, 7) is 10.6. The minimum Gasteiger partial charge on any atom is -0.378 e. The minimum absolute atomic E-state index is 0.297. The third-order valence-electron chi connectivity index (χ3n) is 8.05. The largest absolute Gasteiger partial charge is 0.378 e. The molecule has 2 aliphatic rings. The monoisotopic (exact) mass is 562 g/mol. The number of rotatable bonds is 7. The van der Waals surface area contributed by atoms with Crippen LogP contribution in [0.2, 0.25) is 0 Å². The number of aromatic amines is 1. The first-order chi connectivity index (χ1) is 19.2. The molecule has 5 N–H and O–H groups in total. The van der Waals surface area contributed by atoms with Crippen molar-refractivity contribution in [1.82, 2.24) is 24.8 Å². The second kappa shape index (κ2) is 10.4. The zero-order valence-electron chi connectivity index (χ0n) is 22.8. The van der Waals surface area contributed by atoms with E-state index in [1.54, 1.807) is 23.5 Å². The molecule has 0 unspecified atom stereocenters. The summed E-state index contributed by atoms with van der Waals surface area (Å²) in [5.41, 5.74) is 13.5. The van der Waals surface area contributed by atoms with Crippen molar-refractivity contribution in [2.75, 3.05) is 57.4 Å². The quantitative estimate of drug-likeness (QED) is 0.311. The van der Waals surface area contributed by atoms with Gasteiger partial charge in [0.2, 0.25) is 11.8 Å². The predicted molar refractivity (Wildman–Crippen MR) is 156 cm³/mol. The summed E-state index contributed by atoms with van der Waals surface area (Å²) in [5.74, 6) is 0.659. The molecule has 210 valence electrons. The molecule has 2 fully saturated rings. The molecule has 3 aromatic heterocycles. The van der Waals surface area contributed by atoms with E-state index in [2.05, 4.69) is 25.8 Å². The van der Waals surface area contributed by atoms with Gasteiger partial charge in [0.25, 0.3) is 0 Å². The number of carbonyl (C=O) groups excluding carboxylic acids is 2. The molecule has 11 nitrogen and oxygen atoms in total. The van der Waals surface area contributed by atoms with E-state index in [1.165, 1.54) is 4.88 Å². The summed E-state index contributed by atoms with van der Waals surface area (Å²) >= 11 is 1.72. The Morgan fingerprint density at radius 2 is 1.80 bits per heavy atom. The number of hydrogen-bond acceptors (Lipinski definition) is 9. The molecule has 5 heterocycles. The van der Waals surface area contributed by atoms with Crippen LogP contribution in [0.5, 0.6) is 0 Å². The number of fused-ring (bicyclic) bond motifs is 2. The lowest BCUT2D eigenvalue weighted by atomic mass is 10.0. The van der Waals surface area contributed by atoms with E-state index >= 15 is 0 Å². The number of ether oxygens (including phenoxy) is 1. The third kappa shape index (κ3) is 4.92. The van der Waals surface area contributed by atoms with Gasteiger partial charge in [0.1, 0.15) is 0 Å². The first-order valence-electron chi connectivity index (χ1n) is 13.5. The molecule has 2 aliphatic heterocycles. The second-order valence-corrected chi connectivity index (χ2v) is 12.0. The number of thiophene rings is 1. The van der Waals surface area contributed by atoms with Crippen molar-refractivity contribution in [3.63, 3.8) is 0 Å². The Kier molecular flexibility index (Phi) is 6.95. The highest BCUT2D eigenvalue weighted by atomic mass is 32.1. The molecular weight excluding hydrogens is 528 g/mol. The average molecular weight is 563 g/mol. The van der Waals surface area contributed by atoms with Gasteiger partial charge in [-0.1, -0.05) is 0 Å². The first-order valence-corrected chi connectivity index (χ1v) is 14.3. The summed E-state index contributed by atoms with van der Waals surface area (Å²) in [7, 11) is 0. The molecule has 2 saturated heterocycles. The summed E-state index contributed by atoms with van der Waals surface area (Å²) < 4.78 is 6.66. The maximum absolute atomic E-state index is 12.1. The third-order valence-corrected chi connectivity index (χ3v) is 9.16. The molecular formula is C28H34N8O3S. The van der Waals surface area contributed by atoms with Gasteiger partial charge in [-0.05, 0) is 38.1 Å². The van der Waals surface area contributed by atoms with E-state index in [9.17, 15) is 9.59 Å². The molecule has 0 saturated carbocycles. The van der Waals surface area contributed by atoms with Crippen molar-refractivity contribution in [3.8, 4) is 11.4 Å². The summed E-state index contributed by atoms with van der Waals surface area (Å²) in [5, 5.41) is 0.935. The molecule has 0 aliphatic carbocycles. The van der Waals surface area contributed by atoms with Crippen molar-refractivity contribution in [3.05, 3.63) is 40.9 Å². The van der Waals surface area contributed by atoms with Crippen molar-refractivity contribution in [2.24, 2.45) is 11.5 Å². The number of amides is 2. The number of morpholine rings is 1. The number of carbonyl (C=O) groups is 2. The molecule has 1 aromatic carbocycles. The van der Waals surface area contributed by atoms with E-state index in [-0.39, 0.29) is 5.91 Å². The topological polar surface area (TPSA) is 147 Å². The normalized spacial score (nSPS) is 17.6. The standard InChI is InChI=1S/C28H34N8O3S/c1-28(2,27(30)38)36-7-5-34(6-8-36)16-18-15-22-23(40-18)26(35-9-11-39-12-10-35)33-25(32-22)20-13-17(24(29)37)14-21-19(20)3-4-31-21/h3-4,13-15,31H,5-12,16H2,1-2H3,(H2,29,37)(H2,30,38). The fraction of sp³-hybridized carbons (Fsp3) is 0.429. The van der Waals surface area contributed by atoms with Crippen LogP contribution in [0.3, 0.4) is 0 Å². The van der Waals surface area contributed by atoms with Gasteiger partial charge in [0.15, 0.2) is 11.6 Å². The lowest BCUT2D eigenvalue weighted by molar-refractivity contribution is -0.129. The summed E-state index contributed by atoms with van der Waals surface area (Å²) in [4.78, 5) is 45.3. The van der Waals surface area contributed by atoms with Gasteiger partial charge >= 0.3 is 0 Å². The molecule has 40 heavy (non-hydrogen) atoms. The molecule has 0 radical (unpaired) electrons. The molecule has 12 heteroatoms.